The van der Waals surface area contributed by atoms with Crippen LogP contribution in [0.1, 0.15) is 13.3 Å². The Balaban J connectivity index is 1.62. The van der Waals surface area contributed by atoms with Gasteiger partial charge in [-0.15, -0.1) is 0 Å². The predicted molar refractivity (Wildman–Crippen MR) is 86.1 cm³/mol. The van der Waals surface area contributed by atoms with Crippen LogP contribution < -0.4 is 4.90 Å². The highest BCUT2D eigenvalue weighted by Gasteiger charge is 2.39. The summed E-state index contributed by atoms with van der Waals surface area (Å²) < 4.78 is 7.26. The summed E-state index contributed by atoms with van der Waals surface area (Å²) in [4.78, 5) is 17.1. The molecule has 1 aromatic heterocycles. The van der Waals surface area contributed by atoms with Gasteiger partial charge in [-0.2, -0.15) is 11.8 Å². The third-order valence-corrected chi connectivity index (χ3v) is 6.21. The number of rotatable bonds is 1. The lowest BCUT2D eigenvalue weighted by atomic mass is 10.0. The quantitative estimate of drug-likeness (QED) is 0.721. The van der Waals surface area contributed by atoms with Crippen molar-refractivity contribution in [2.24, 2.45) is 0 Å². The van der Waals surface area contributed by atoms with Crippen molar-refractivity contribution >= 4 is 23.6 Å². The molecule has 2 saturated heterocycles. The number of tetrazole rings is 1. The number of hydrogen-bond acceptors (Lipinski definition) is 7. The summed E-state index contributed by atoms with van der Waals surface area (Å²) in [5.74, 6) is 1.76. The lowest BCUT2D eigenvalue weighted by Gasteiger charge is -2.44. The summed E-state index contributed by atoms with van der Waals surface area (Å²) in [6.07, 6.45) is 0.918. The molecule has 1 amide bonds. The Morgan fingerprint density at radius 3 is 3.17 bits per heavy atom. The van der Waals surface area contributed by atoms with Gasteiger partial charge in [0, 0.05) is 42.9 Å². The van der Waals surface area contributed by atoms with E-state index < -0.39 is 0 Å². The minimum absolute atomic E-state index is 0.118. The zero-order chi connectivity index (χ0) is 16.0. The Labute approximate surface area is 138 Å². The van der Waals surface area contributed by atoms with Crippen LogP contribution >= 0.6 is 11.8 Å². The molecule has 9 heteroatoms. The molecular weight excluding hydrogens is 316 g/mol. The Morgan fingerprint density at radius 1 is 1.43 bits per heavy atom. The van der Waals surface area contributed by atoms with E-state index >= 15 is 0 Å². The van der Waals surface area contributed by atoms with Gasteiger partial charge < -0.3 is 14.5 Å². The number of anilines is 1. The highest BCUT2D eigenvalue weighted by Crippen LogP contribution is 2.33. The summed E-state index contributed by atoms with van der Waals surface area (Å²) in [7, 11) is 1.90. The minimum Gasteiger partial charge on any atom is -0.380 e. The summed E-state index contributed by atoms with van der Waals surface area (Å²) in [6, 6.07) is 0.274. The van der Waals surface area contributed by atoms with Crippen LogP contribution in [0.2, 0.25) is 0 Å². The number of fused-ring (bicyclic) bond motifs is 2. The molecule has 0 bridgehead atoms. The van der Waals surface area contributed by atoms with E-state index in [4.69, 9.17) is 4.74 Å². The van der Waals surface area contributed by atoms with Crippen LogP contribution in [0.5, 0.6) is 0 Å². The van der Waals surface area contributed by atoms with Gasteiger partial charge >= 0.3 is 0 Å². The van der Waals surface area contributed by atoms with E-state index in [0.717, 1.165) is 43.2 Å². The highest BCUT2D eigenvalue weighted by atomic mass is 32.2. The number of allylic oxidation sites excluding steroid dienone is 1. The number of ether oxygens (including phenoxy) is 1. The number of carbonyl (C=O) groups excluding carboxylic acids is 1. The first-order valence-corrected chi connectivity index (χ1v) is 8.91. The molecule has 0 N–H and O–H groups in total. The van der Waals surface area contributed by atoms with Crippen molar-refractivity contribution in [1.82, 2.24) is 25.1 Å². The molecule has 0 aliphatic carbocycles. The molecule has 4 rings (SSSR count). The first-order chi connectivity index (χ1) is 11.2. The van der Waals surface area contributed by atoms with Gasteiger partial charge in [-0.25, -0.2) is 4.68 Å². The lowest BCUT2D eigenvalue weighted by Crippen LogP contribution is -2.55. The summed E-state index contributed by atoms with van der Waals surface area (Å²) >= 11 is 1.92. The van der Waals surface area contributed by atoms with E-state index in [2.05, 4.69) is 15.5 Å². The van der Waals surface area contributed by atoms with Crippen LogP contribution in [0.25, 0.3) is 0 Å². The van der Waals surface area contributed by atoms with E-state index in [-0.39, 0.29) is 11.9 Å². The van der Waals surface area contributed by atoms with E-state index in [9.17, 15) is 4.79 Å². The van der Waals surface area contributed by atoms with Crippen molar-refractivity contribution in [3.8, 4) is 0 Å². The van der Waals surface area contributed by atoms with E-state index in [1.54, 1.807) is 4.68 Å². The zero-order valence-electron chi connectivity index (χ0n) is 13.3. The largest absolute Gasteiger partial charge is 0.380 e. The topological polar surface area (TPSA) is 76.4 Å². The van der Waals surface area contributed by atoms with Crippen LogP contribution in [-0.4, -0.2) is 74.9 Å². The smallest absolute Gasteiger partial charge is 0.253 e. The fourth-order valence-corrected chi connectivity index (χ4v) is 4.79. The minimum atomic E-state index is 0.118. The van der Waals surface area contributed by atoms with Crippen molar-refractivity contribution in [1.29, 1.82) is 0 Å². The maximum Gasteiger partial charge on any atom is 0.253 e. The van der Waals surface area contributed by atoms with Crippen LogP contribution in [-0.2, 0) is 16.1 Å². The Morgan fingerprint density at radius 2 is 2.30 bits per heavy atom. The Bertz CT molecular complexity index is 657. The van der Waals surface area contributed by atoms with Crippen LogP contribution in [0.15, 0.2) is 11.3 Å². The van der Waals surface area contributed by atoms with Gasteiger partial charge in [0.15, 0.2) is 0 Å². The van der Waals surface area contributed by atoms with E-state index in [1.165, 1.54) is 0 Å². The second-order valence-electron chi connectivity index (χ2n) is 6.10. The number of carbonyl (C=O) groups is 1. The average Bonchev–Trinajstić information content (AvgIpc) is 3.05. The third kappa shape index (κ3) is 2.42. The van der Waals surface area contributed by atoms with Gasteiger partial charge in [-0.05, 0) is 23.8 Å². The normalized spacial score (nSPS) is 27.7. The Hall–Kier alpha value is -1.61. The van der Waals surface area contributed by atoms with Gasteiger partial charge in [0.05, 0.1) is 18.7 Å². The maximum absolute atomic E-state index is 13.2. The maximum atomic E-state index is 13.2. The van der Waals surface area contributed by atoms with Crippen molar-refractivity contribution < 1.29 is 9.53 Å². The predicted octanol–water partition coefficient (Wildman–Crippen LogP) is 0.130. The molecular formula is C14H20N6O2S. The first kappa shape index (κ1) is 14.9. The molecule has 2 atom stereocenters. The van der Waals surface area contributed by atoms with E-state index in [0.29, 0.717) is 17.7 Å². The first-order valence-electron chi connectivity index (χ1n) is 7.87. The fourth-order valence-electron chi connectivity index (χ4n) is 3.49. The van der Waals surface area contributed by atoms with Gasteiger partial charge in [0.25, 0.3) is 5.91 Å². The number of aromatic nitrogens is 4. The van der Waals surface area contributed by atoms with E-state index in [1.807, 2.05) is 35.5 Å². The molecule has 23 heavy (non-hydrogen) atoms. The molecule has 4 heterocycles. The molecule has 2 fully saturated rings. The second kappa shape index (κ2) is 5.79. The van der Waals surface area contributed by atoms with Crippen molar-refractivity contribution in [2.45, 2.75) is 31.2 Å². The van der Waals surface area contributed by atoms with Crippen molar-refractivity contribution in [3.63, 3.8) is 0 Å². The number of amides is 1. The molecule has 0 spiro atoms. The SMILES string of the molecule is CC1=C(C(=O)N2CCS[C@H]3COCC[C@@H]32)Cn2nnnc2N1C. The van der Waals surface area contributed by atoms with Gasteiger partial charge in [0.2, 0.25) is 5.95 Å². The highest BCUT2D eigenvalue weighted by molar-refractivity contribution is 8.00. The molecule has 124 valence electrons. The molecule has 1 aromatic rings. The molecule has 3 aliphatic heterocycles. The zero-order valence-corrected chi connectivity index (χ0v) is 14.1. The van der Waals surface area contributed by atoms with Crippen LogP contribution in [0.4, 0.5) is 5.95 Å². The lowest BCUT2D eigenvalue weighted by molar-refractivity contribution is -0.131. The molecule has 3 aliphatic rings. The molecule has 0 saturated carbocycles. The number of hydrogen-bond donors (Lipinski definition) is 0. The standard InChI is InChI=1S/C14H20N6O2S/c1-9-10(7-20-14(18(9)2)15-16-17-20)13(21)19-4-6-23-12-8-22-5-3-11(12)19/h11-12H,3-8H2,1-2H3/t11-,12-/m0/s1. The summed E-state index contributed by atoms with van der Waals surface area (Å²) in [5.41, 5.74) is 1.71. The molecule has 0 aromatic carbocycles. The second-order valence-corrected chi connectivity index (χ2v) is 7.45. The third-order valence-electron chi connectivity index (χ3n) is 4.91. The van der Waals surface area contributed by atoms with Crippen molar-refractivity contribution in [2.75, 3.05) is 37.5 Å². The van der Waals surface area contributed by atoms with Gasteiger partial charge in [0.1, 0.15) is 0 Å². The number of nitrogens with zero attached hydrogens (tertiary/aromatic N) is 6. The van der Waals surface area contributed by atoms with Crippen LogP contribution in [0, 0.1) is 0 Å². The molecule has 0 unspecified atom stereocenters. The average molecular weight is 336 g/mol. The summed E-state index contributed by atoms with van der Waals surface area (Å²) in [5, 5.41) is 12.1. The van der Waals surface area contributed by atoms with Crippen molar-refractivity contribution in [3.05, 3.63) is 11.3 Å². The molecule has 8 nitrogen and oxygen atoms in total. The van der Waals surface area contributed by atoms with Gasteiger partial charge in [-0.1, -0.05) is 5.10 Å². The Kier molecular flexibility index (Phi) is 3.76. The number of thioether (sulfide) groups is 1. The van der Waals surface area contributed by atoms with Crippen LogP contribution in [0.3, 0.4) is 0 Å². The fraction of sp³-hybridized carbons (Fsp3) is 0.714. The monoisotopic (exact) mass is 336 g/mol. The van der Waals surface area contributed by atoms with Gasteiger partial charge in [-0.3, -0.25) is 4.79 Å². The molecule has 0 radical (unpaired) electrons. The summed E-state index contributed by atoms with van der Waals surface area (Å²) in [6.45, 7) is 4.68.